The van der Waals surface area contributed by atoms with Gasteiger partial charge in [-0.2, -0.15) is 0 Å². The van der Waals surface area contributed by atoms with E-state index in [4.69, 9.17) is 4.43 Å². The van der Waals surface area contributed by atoms with Crippen molar-refractivity contribution in [3.05, 3.63) is 24.3 Å². The van der Waals surface area contributed by atoms with Crippen molar-refractivity contribution in [1.82, 2.24) is 0 Å². The van der Waals surface area contributed by atoms with Gasteiger partial charge in [-0.1, -0.05) is 54.2 Å². The number of ketones is 1. The molecule has 0 spiro atoms. The van der Waals surface area contributed by atoms with Crippen LogP contribution in [0.2, 0.25) is 16.6 Å². The standard InChI is InChI=1S/C19H34O3Si/c1-13(2)23(14(3)4,15(5)6)22-12-16(7)17-9-10-19(8,21)18(20)11-17/h9-10,13-15,17,21H,7,11-12H2,1-6,8H3/t17-,19+/m1/s1. The first kappa shape index (κ1) is 20.3. The van der Waals surface area contributed by atoms with E-state index in [-0.39, 0.29) is 11.7 Å². The lowest BCUT2D eigenvalue weighted by Gasteiger charge is -2.42. The molecular weight excluding hydrogens is 304 g/mol. The molecule has 0 heterocycles. The Morgan fingerprint density at radius 2 is 1.78 bits per heavy atom. The predicted molar refractivity (Wildman–Crippen MR) is 99.0 cm³/mol. The monoisotopic (exact) mass is 338 g/mol. The number of carbonyl (C=O) groups excluding carboxylic acids is 1. The van der Waals surface area contributed by atoms with Crippen LogP contribution in [0.25, 0.3) is 0 Å². The molecule has 0 saturated carbocycles. The van der Waals surface area contributed by atoms with Gasteiger partial charge in [-0.05, 0) is 35.2 Å². The molecule has 1 aliphatic carbocycles. The molecule has 132 valence electrons. The van der Waals surface area contributed by atoms with Crippen molar-refractivity contribution in [3.8, 4) is 0 Å². The lowest BCUT2D eigenvalue weighted by Crippen LogP contribution is -2.48. The van der Waals surface area contributed by atoms with Crippen molar-refractivity contribution >= 4 is 14.1 Å². The molecule has 0 unspecified atom stereocenters. The average molecular weight is 339 g/mol. The van der Waals surface area contributed by atoms with Crippen LogP contribution in [-0.4, -0.2) is 31.4 Å². The van der Waals surface area contributed by atoms with Gasteiger partial charge in [-0.15, -0.1) is 0 Å². The Morgan fingerprint density at radius 1 is 1.30 bits per heavy atom. The van der Waals surface area contributed by atoms with Gasteiger partial charge >= 0.3 is 0 Å². The topological polar surface area (TPSA) is 46.5 Å². The summed E-state index contributed by atoms with van der Waals surface area (Å²) in [5.41, 5.74) is 1.19. The highest BCUT2D eigenvalue weighted by Gasteiger charge is 2.45. The molecule has 3 nitrogen and oxygen atoms in total. The van der Waals surface area contributed by atoms with Crippen LogP contribution in [0.5, 0.6) is 0 Å². The van der Waals surface area contributed by atoms with Crippen LogP contribution in [-0.2, 0) is 9.22 Å². The zero-order chi connectivity index (χ0) is 18.0. The molecule has 0 radical (unpaired) electrons. The van der Waals surface area contributed by atoms with E-state index in [1.54, 1.807) is 6.08 Å². The van der Waals surface area contributed by atoms with E-state index in [1.165, 1.54) is 6.92 Å². The van der Waals surface area contributed by atoms with Gasteiger partial charge in [-0.3, -0.25) is 4.79 Å². The first-order chi connectivity index (χ1) is 10.4. The second-order valence-electron chi connectivity index (χ2n) is 8.01. The SMILES string of the molecule is C=C(CO[Si](C(C)C)(C(C)C)C(C)C)[C@@H]1C=C[C@](C)(O)C(=O)C1. The van der Waals surface area contributed by atoms with Gasteiger partial charge in [-0.25, -0.2) is 0 Å². The first-order valence-electron chi connectivity index (χ1n) is 8.71. The molecular formula is C19H34O3Si. The molecule has 0 aromatic heterocycles. The van der Waals surface area contributed by atoms with Crippen LogP contribution >= 0.6 is 0 Å². The Morgan fingerprint density at radius 3 is 2.17 bits per heavy atom. The maximum Gasteiger partial charge on any atom is 0.200 e. The second kappa shape index (κ2) is 7.45. The van der Waals surface area contributed by atoms with Crippen molar-refractivity contribution in [1.29, 1.82) is 0 Å². The molecule has 2 atom stereocenters. The number of allylic oxidation sites excluding steroid dienone is 1. The van der Waals surface area contributed by atoms with Gasteiger partial charge < -0.3 is 9.53 Å². The van der Waals surface area contributed by atoms with Gasteiger partial charge in [0.05, 0.1) is 6.61 Å². The number of Topliss-reactive ketones (excluding diaryl/α,β-unsaturated/α-hetero) is 1. The van der Waals surface area contributed by atoms with E-state index in [0.717, 1.165) is 5.57 Å². The molecule has 0 saturated heterocycles. The van der Waals surface area contributed by atoms with Crippen molar-refractivity contribution in [2.45, 2.75) is 77.1 Å². The van der Waals surface area contributed by atoms with E-state index in [1.807, 2.05) is 6.08 Å². The van der Waals surface area contributed by atoms with Gasteiger partial charge in [0.1, 0.15) is 5.60 Å². The summed E-state index contributed by atoms with van der Waals surface area (Å²) in [6, 6.07) is 0. The zero-order valence-corrected chi connectivity index (χ0v) is 16.8. The summed E-state index contributed by atoms with van der Waals surface area (Å²) in [6.07, 6.45) is 3.80. The fourth-order valence-corrected chi connectivity index (χ4v) is 9.41. The number of aliphatic hydroxyl groups is 1. The highest BCUT2D eigenvalue weighted by molar-refractivity contribution is 6.77. The fraction of sp³-hybridized carbons (Fsp3) is 0.737. The molecule has 0 bridgehead atoms. The molecule has 1 aliphatic rings. The summed E-state index contributed by atoms with van der Waals surface area (Å²) in [5, 5.41) is 9.93. The van der Waals surface area contributed by atoms with Crippen molar-refractivity contribution < 1.29 is 14.3 Å². The minimum atomic E-state index is -1.92. The van der Waals surface area contributed by atoms with Gasteiger partial charge in [0.25, 0.3) is 0 Å². The number of hydrogen-bond acceptors (Lipinski definition) is 3. The molecule has 1 N–H and O–H groups in total. The highest BCUT2D eigenvalue weighted by atomic mass is 28.4. The smallest absolute Gasteiger partial charge is 0.200 e. The van der Waals surface area contributed by atoms with E-state index in [0.29, 0.717) is 29.7 Å². The van der Waals surface area contributed by atoms with Crippen LogP contribution in [0.15, 0.2) is 24.3 Å². The summed E-state index contributed by atoms with van der Waals surface area (Å²) in [4.78, 5) is 12.0. The third-order valence-corrected chi connectivity index (χ3v) is 11.4. The Kier molecular flexibility index (Phi) is 6.59. The van der Waals surface area contributed by atoms with Gasteiger partial charge in [0.15, 0.2) is 5.78 Å². The van der Waals surface area contributed by atoms with Gasteiger partial charge in [0.2, 0.25) is 8.32 Å². The van der Waals surface area contributed by atoms with E-state index in [2.05, 4.69) is 48.1 Å². The lowest BCUT2D eigenvalue weighted by molar-refractivity contribution is -0.132. The minimum absolute atomic E-state index is 0.0269. The summed E-state index contributed by atoms with van der Waals surface area (Å²) in [5.74, 6) is -0.174. The van der Waals surface area contributed by atoms with Crippen LogP contribution in [0, 0.1) is 5.92 Å². The quantitative estimate of drug-likeness (QED) is 0.544. The molecule has 0 amide bonds. The van der Waals surface area contributed by atoms with Crippen LogP contribution in [0.4, 0.5) is 0 Å². The van der Waals surface area contributed by atoms with E-state index in [9.17, 15) is 9.90 Å². The van der Waals surface area contributed by atoms with E-state index < -0.39 is 13.9 Å². The van der Waals surface area contributed by atoms with Crippen molar-refractivity contribution in [2.24, 2.45) is 5.92 Å². The Hall–Kier alpha value is -0.713. The maximum atomic E-state index is 12.0. The minimum Gasteiger partial charge on any atom is -0.412 e. The van der Waals surface area contributed by atoms with Crippen molar-refractivity contribution in [2.75, 3.05) is 6.61 Å². The van der Waals surface area contributed by atoms with Gasteiger partial charge in [0, 0.05) is 12.3 Å². The predicted octanol–water partition coefficient (Wildman–Crippen LogP) is 4.63. The fourth-order valence-electron chi connectivity index (χ4n) is 3.98. The summed E-state index contributed by atoms with van der Waals surface area (Å²) in [7, 11) is -1.92. The second-order valence-corrected chi connectivity index (χ2v) is 13.5. The Bertz CT molecular complexity index is 453. The Balaban J connectivity index is 2.83. The molecule has 0 aromatic carbocycles. The summed E-state index contributed by atoms with van der Waals surface area (Å²) >= 11 is 0. The lowest BCUT2D eigenvalue weighted by atomic mass is 9.82. The van der Waals surface area contributed by atoms with Crippen molar-refractivity contribution in [3.63, 3.8) is 0 Å². The third kappa shape index (κ3) is 4.23. The molecule has 23 heavy (non-hydrogen) atoms. The average Bonchev–Trinajstić information content (AvgIpc) is 2.41. The zero-order valence-electron chi connectivity index (χ0n) is 15.8. The van der Waals surface area contributed by atoms with Crippen LogP contribution in [0.1, 0.15) is 54.9 Å². The largest absolute Gasteiger partial charge is 0.412 e. The molecule has 0 aliphatic heterocycles. The molecule has 4 heteroatoms. The molecule has 0 aromatic rings. The van der Waals surface area contributed by atoms with E-state index >= 15 is 0 Å². The number of hydrogen-bond donors (Lipinski definition) is 1. The normalized spacial score (nSPS) is 25.7. The van der Waals surface area contributed by atoms with Crippen LogP contribution < -0.4 is 0 Å². The number of carbonyl (C=O) groups is 1. The highest BCUT2D eigenvalue weighted by Crippen LogP contribution is 2.42. The Labute approximate surface area is 142 Å². The van der Waals surface area contributed by atoms with Crippen LogP contribution in [0.3, 0.4) is 0 Å². The summed E-state index contributed by atoms with van der Waals surface area (Å²) < 4.78 is 6.55. The number of rotatable bonds is 7. The third-order valence-electron chi connectivity index (χ3n) is 5.36. The molecule has 1 rings (SSSR count). The first-order valence-corrected chi connectivity index (χ1v) is 10.9. The maximum absolute atomic E-state index is 12.0. The summed E-state index contributed by atoms with van der Waals surface area (Å²) in [6.45, 7) is 19.8. The molecule has 0 fully saturated rings.